The second kappa shape index (κ2) is 7.70. The maximum atomic E-state index is 12.6. The minimum atomic E-state index is -3.96. The molecule has 0 spiro atoms. The second-order valence-corrected chi connectivity index (χ2v) is 8.57. The molecule has 1 amide bonds. The third kappa shape index (κ3) is 4.31. The Hall–Kier alpha value is -2.38. The Kier molecular flexibility index (Phi) is 5.53. The summed E-state index contributed by atoms with van der Waals surface area (Å²) in [6.45, 7) is 2.04. The molecule has 1 heterocycles. The predicted molar refractivity (Wildman–Crippen MR) is 101 cm³/mol. The Morgan fingerprint density at radius 1 is 1.15 bits per heavy atom. The Morgan fingerprint density at radius 2 is 1.81 bits per heavy atom. The summed E-state index contributed by atoms with van der Waals surface area (Å²) in [4.78, 5) is 13.2. The number of rotatable bonds is 6. The fraction of sp³-hybridized carbons (Fsp3) is 0.350. The minimum Gasteiger partial charge on any atom is -0.465 e. The van der Waals surface area contributed by atoms with Crippen LogP contribution >= 0.6 is 0 Å². The van der Waals surface area contributed by atoms with Crippen LogP contribution in [0.2, 0.25) is 0 Å². The summed E-state index contributed by atoms with van der Waals surface area (Å²) < 4.78 is 30.5. The van der Waals surface area contributed by atoms with Gasteiger partial charge in [0.25, 0.3) is 10.1 Å². The van der Waals surface area contributed by atoms with E-state index in [-0.39, 0.29) is 11.5 Å². The van der Waals surface area contributed by atoms with E-state index in [2.05, 4.69) is 0 Å². The molecule has 0 unspecified atom stereocenters. The normalized spacial score (nSPS) is 20.0. The van der Waals surface area contributed by atoms with Crippen LogP contribution in [0.1, 0.15) is 24.0 Å². The van der Waals surface area contributed by atoms with Crippen molar-refractivity contribution in [3.63, 3.8) is 0 Å². The van der Waals surface area contributed by atoms with Gasteiger partial charge in [-0.3, -0.25) is 9.08 Å². The van der Waals surface area contributed by atoms with Crippen molar-refractivity contribution >= 4 is 16.2 Å². The number of aryl methyl sites for hydroxylation is 1. The van der Waals surface area contributed by atoms with Crippen molar-refractivity contribution in [3.05, 3.63) is 65.7 Å². The van der Waals surface area contributed by atoms with Crippen molar-refractivity contribution < 1.29 is 22.5 Å². The summed E-state index contributed by atoms with van der Waals surface area (Å²) in [6, 6.07) is 15.9. The summed E-state index contributed by atoms with van der Waals surface area (Å²) in [5.41, 5.74) is 0.995. The molecule has 0 radical (unpaired) electrons. The van der Waals surface area contributed by atoms with Gasteiger partial charge in [0.15, 0.2) is 0 Å². The number of amides is 1. The Morgan fingerprint density at radius 3 is 2.44 bits per heavy atom. The molecule has 1 saturated heterocycles. The van der Waals surface area contributed by atoms with E-state index in [0.29, 0.717) is 25.8 Å². The maximum Gasteiger partial charge on any atom is 0.407 e. The van der Waals surface area contributed by atoms with Gasteiger partial charge in [-0.25, -0.2) is 4.79 Å². The van der Waals surface area contributed by atoms with E-state index in [1.807, 2.05) is 37.3 Å². The molecular weight excluding hydrogens is 366 g/mol. The van der Waals surface area contributed by atoms with Crippen molar-refractivity contribution in [2.75, 3.05) is 13.2 Å². The minimum absolute atomic E-state index is 0.0721. The Labute approximate surface area is 159 Å². The lowest BCUT2D eigenvalue weighted by Gasteiger charge is -2.36. The topological polar surface area (TPSA) is 83.9 Å². The Bertz CT molecular complexity index is 896. The fourth-order valence-corrected chi connectivity index (χ4v) is 4.54. The van der Waals surface area contributed by atoms with Crippen LogP contribution in [0.15, 0.2) is 59.5 Å². The summed E-state index contributed by atoms with van der Waals surface area (Å²) in [5, 5.41) is 9.62. The largest absolute Gasteiger partial charge is 0.465 e. The third-order valence-electron chi connectivity index (χ3n) is 5.00. The van der Waals surface area contributed by atoms with Crippen molar-refractivity contribution in [2.45, 2.75) is 36.6 Å². The van der Waals surface area contributed by atoms with Gasteiger partial charge in [0.05, 0.1) is 17.0 Å². The van der Waals surface area contributed by atoms with Gasteiger partial charge in [-0.2, -0.15) is 8.42 Å². The molecule has 1 aliphatic rings. The van der Waals surface area contributed by atoms with Gasteiger partial charge in [0.2, 0.25) is 0 Å². The molecule has 0 aromatic heterocycles. The molecule has 2 aromatic carbocycles. The van der Waals surface area contributed by atoms with Crippen molar-refractivity contribution in [1.82, 2.24) is 4.90 Å². The number of carboxylic acid groups (broad SMARTS) is 1. The van der Waals surface area contributed by atoms with Crippen LogP contribution in [0.5, 0.6) is 0 Å². The maximum absolute atomic E-state index is 12.6. The zero-order chi connectivity index (χ0) is 19.5. The fourth-order valence-electron chi connectivity index (χ4n) is 3.56. The van der Waals surface area contributed by atoms with Crippen molar-refractivity contribution in [1.29, 1.82) is 0 Å². The molecular formula is C20H23NO5S. The molecule has 1 fully saturated rings. The highest BCUT2D eigenvalue weighted by molar-refractivity contribution is 7.86. The first kappa shape index (κ1) is 19.4. The SMILES string of the molecule is Cc1ccc(S(=O)(=O)OC[C@@]2(Cc3ccccc3)CCCN2C(=O)O)cc1. The number of benzene rings is 2. The number of carbonyl (C=O) groups is 1. The summed E-state index contributed by atoms with van der Waals surface area (Å²) in [5.74, 6) is 0. The van der Waals surface area contributed by atoms with Gasteiger partial charge in [-0.1, -0.05) is 48.0 Å². The first-order valence-corrected chi connectivity index (χ1v) is 10.2. The smallest absolute Gasteiger partial charge is 0.407 e. The average Bonchev–Trinajstić information content (AvgIpc) is 3.05. The monoisotopic (exact) mass is 389 g/mol. The van der Waals surface area contributed by atoms with Gasteiger partial charge in [0.1, 0.15) is 0 Å². The van der Waals surface area contributed by atoms with E-state index >= 15 is 0 Å². The van der Waals surface area contributed by atoms with Crippen LogP contribution in [-0.2, 0) is 20.7 Å². The summed E-state index contributed by atoms with van der Waals surface area (Å²) in [6.07, 6.45) is 0.577. The van der Waals surface area contributed by atoms with Gasteiger partial charge in [-0.05, 0) is 43.9 Å². The van der Waals surface area contributed by atoms with E-state index in [1.54, 1.807) is 12.1 Å². The third-order valence-corrected chi connectivity index (χ3v) is 6.27. The molecule has 144 valence electrons. The second-order valence-electron chi connectivity index (χ2n) is 6.95. The van der Waals surface area contributed by atoms with Crippen LogP contribution < -0.4 is 0 Å². The summed E-state index contributed by atoms with van der Waals surface area (Å²) in [7, 11) is -3.96. The highest BCUT2D eigenvalue weighted by atomic mass is 32.2. The quantitative estimate of drug-likeness (QED) is 0.765. The van der Waals surface area contributed by atoms with Crippen molar-refractivity contribution in [2.24, 2.45) is 0 Å². The van der Waals surface area contributed by atoms with Gasteiger partial charge < -0.3 is 5.11 Å². The van der Waals surface area contributed by atoms with E-state index < -0.39 is 21.8 Å². The summed E-state index contributed by atoms with van der Waals surface area (Å²) >= 11 is 0. The molecule has 0 saturated carbocycles. The molecule has 0 aliphatic carbocycles. The number of nitrogens with zero attached hydrogens (tertiary/aromatic N) is 1. The molecule has 1 aliphatic heterocycles. The molecule has 27 heavy (non-hydrogen) atoms. The number of hydrogen-bond acceptors (Lipinski definition) is 4. The molecule has 6 nitrogen and oxygen atoms in total. The average molecular weight is 389 g/mol. The van der Waals surface area contributed by atoms with Gasteiger partial charge >= 0.3 is 6.09 Å². The lowest BCUT2D eigenvalue weighted by Crippen LogP contribution is -2.52. The predicted octanol–water partition coefficient (Wildman–Crippen LogP) is 3.46. The highest BCUT2D eigenvalue weighted by Gasteiger charge is 2.45. The number of likely N-dealkylation sites (tertiary alicyclic amines) is 1. The van der Waals surface area contributed by atoms with E-state index in [9.17, 15) is 18.3 Å². The van der Waals surface area contributed by atoms with Crippen molar-refractivity contribution in [3.8, 4) is 0 Å². The molecule has 7 heteroatoms. The molecule has 2 aromatic rings. The van der Waals surface area contributed by atoms with Crippen LogP contribution in [-0.4, -0.2) is 43.2 Å². The molecule has 3 rings (SSSR count). The molecule has 0 bridgehead atoms. The highest BCUT2D eigenvalue weighted by Crippen LogP contribution is 2.34. The standard InChI is InChI=1S/C20H23NO5S/c1-16-8-10-18(11-9-16)27(24,25)26-15-20(12-5-13-21(20)19(22)23)14-17-6-3-2-4-7-17/h2-4,6-11H,5,12-15H2,1H3,(H,22,23)/t20-/m0/s1. The van der Waals surface area contributed by atoms with Gasteiger partial charge in [-0.15, -0.1) is 0 Å². The zero-order valence-electron chi connectivity index (χ0n) is 15.2. The first-order valence-electron chi connectivity index (χ1n) is 8.83. The van der Waals surface area contributed by atoms with Crippen LogP contribution in [0.3, 0.4) is 0 Å². The molecule has 1 atom stereocenters. The van der Waals surface area contributed by atoms with Gasteiger partial charge in [0, 0.05) is 6.54 Å². The van der Waals surface area contributed by atoms with E-state index in [4.69, 9.17) is 4.18 Å². The lowest BCUT2D eigenvalue weighted by molar-refractivity contribution is 0.0698. The zero-order valence-corrected chi connectivity index (χ0v) is 16.0. The lowest BCUT2D eigenvalue weighted by atomic mass is 9.89. The van der Waals surface area contributed by atoms with E-state index in [0.717, 1.165) is 11.1 Å². The number of hydrogen-bond donors (Lipinski definition) is 1. The van der Waals surface area contributed by atoms with Crippen LogP contribution in [0, 0.1) is 6.92 Å². The first-order chi connectivity index (χ1) is 12.8. The van der Waals surface area contributed by atoms with E-state index in [1.165, 1.54) is 17.0 Å². The van der Waals surface area contributed by atoms with Crippen LogP contribution in [0.25, 0.3) is 0 Å². The Balaban J connectivity index is 1.85. The van der Waals surface area contributed by atoms with Crippen LogP contribution in [0.4, 0.5) is 4.79 Å². The molecule has 1 N–H and O–H groups in total.